The van der Waals surface area contributed by atoms with Crippen LogP contribution in [0, 0.1) is 5.92 Å². The van der Waals surface area contributed by atoms with Gasteiger partial charge in [-0.3, -0.25) is 0 Å². The summed E-state index contributed by atoms with van der Waals surface area (Å²) in [6.45, 7) is 4.54. The summed E-state index contributed by atoms with van der Waals surface area (Å²) in [5.41, 5.74) is 1.37. The van der Waals surface area contributed by atoms with Crippen molar-refractivity contribution in [3.05, 3.63) is 23.8 Å². The summed E-state index contributed by atoms with van der Waals surface area (Å²) < 4.78 is 0. The summed E-state index contributed by atoms with van der Waals surface area (Å²) in [5, 5.41) is 0. The first-order valence-electron chi connectivity index (χ1n) is 8.64. The zero-order chi connectivity index (χ0) is 14.2. The van der Waals surface area contributed by atoms with Crippen molar-refractivity contribution >= 4 is 0 Å². The number of aromatic nitrogens is 2. The zero-order valence-corrected chi connectivity index (χ0v) is 13.3. The predicted molar refractivity (Wildman–Crippen MR) is 84.9 cm³/mol. The largest absolute Gasteiger partial charge is 0.241 e. The molecule has 1 aliphatic rings. The maximum Gasteiger partial charge on any atom is 0.128 e. The van der Waals surface area contributed by atoms with Gasteiger partial charge in [-0.05, 0) is 49.5 Å². The predicted octanol–water partition coefficient (Wildman–Crippen LogP) is 5.28. The molecule has 20 heavy (non-hydrogen) atoms. The Labute approximate surface area is 124 Å². The van der Waals surface area contributed by atoms with Crippen LogP contribution in [0.3, 0.4) is 0 Å². The molecule has 2 rings (SSSR count). The molecule has 0 atom stereocenters. The third-order valence-corrected chi connectivity index (χ3v) is 4.74. The van der Waals surface area contributed by atoms with Crippen LogP contribution in [0.4, 0.5) is 0 Å². The highest BCUT2D eigenvalue weighted by Crippen LogP contribution is 2.36. The number of unbranched alkanes of at least 4 members (excludes halogenated alkanes) is 2. The molecule has 0 N–H and O–H groups in total. The van der Waals surface area contributed by atoms with E-state index in [-0.39, 0.29) is 0 Å². The third kappa shape index (κ3) is 4.57. The maximum atomic E-state index is 4.57. The second-order valence-corrected chi connectivity index (χ2v) is 6.40. The van der Waals surface area contributed by atoms with Crippen LogP contribution < -0.4 is 0 Å². The van der Waals surface area contributed by atoms with Crippen LogP contribution in [-0.2, 0) is 6.42 Å². The van der Waals surface area contributed by atoms with Crippen molar-refractivity contribution in [1.82, 2.24) is 9.97 Å². The summed E-state index contributed by atoms with van der Waals surface area (Å²) in [5.74, 6) is 2.72. The smallest absolute Gasteiger partial charge is 0.128 e. The van der Waals surface area contributed by atoms with Crippen LogP contribution in [0.25, 0.3) is 0 Å². The Balaban J connectivity index is 1.81. The summed E-state index contributed by atoms with van der Waals surface area (Å²) in [4.78, 5) is 9.14. The molecule has 0 aromatic carbocycles. The second kappa shape index (κ2) is 8.39. The molecule has 0 radical (unpaired) electrons. The molecule has 0 unspecified atom stereocenters. The van der Waals surface area contributed by atoms with E-state index in [2.05, 4.69) is 36.2 Å². The van der Waals surface area contributed by atoms with Gasteiger partial charge in [-0.25, -0.2) is 9.97 Å². The lowest BCUT2D eigenvalue weighted by atomic mass is 9.78. The van der Waals surface area contributed by atoms with Crippen LogP contribution in [-0.4, -0.2) is 9.97 Å². The minimum absolute atomic E-state index is 0.716. The van der Waals surface area contributed by atoms with Gasteiger partial charge < -0.3 is 0 Å². The van der Waals surface area contributed by atoms with Crippen LogP contribution in [0.15, 0.2) is 12.4 Å². The number of hydrogen-bond donors (Lipinski definition) is 0. The van der Waals surface area contributed by atoms with Crippen LogP contribution in [0.1, 0.15) is 88.9 Å². The van der Waals surface area contributed by atoms with E-state index in [4.69, 9.17) is 0 Å². The van der Waals surface area contributed by atoms with Crippen molar-refractivity contribution in [2.75, 3.05) is 0 Å². The fourth-order valence-electron chi connectivity index (χ4n) is 3.43. The highest BCUT2D eigenvalue weighted by Gasteiger charge is 2.22. The Morgan fingerprint density at radius 1 is 0.950 bits per heavy atom. The van der Waals surface area contributed by atoms with Gasteiger partial charge in [0.25, 0.3) is 0 Å². The van der Waals surface area contributed by atoms with E-state index in [1.54, 1.807) is 0 Å². The van der Waals surface area contributed by atoms with Crippen molar-refractivity contribution in [3.8, 4) is 0 Å². The minimum atomic E-state index is 0.716. The molecular weight excluding hydrogens is 244 g/mol. The first kappa shape index (κ1) is 15.5. The second-order valence-electron chi connectivity index (χ2n) is 6.40. The third-order valence-electron chi connectivity index (χ3n) is 4.74. The van der Waals surface area contributed by atoms with E-state index < -0.39 is 0 Å². The lowest BCUT2D eigenvalue weighted by Gasteiger charge is -2.28. The van der Waals surface area contributed by atoms with E-state index in [0.29, 0.717) is 5.92 Å². The zero-order valence-electron chi connectivity index (χ0n) is 13.3. The summed E-state index contributed by atoms with van der Waals surface area (Å²) in [6, 6.07) is 0. The van der Waals surface area contributed by atoms with E-state index in [1.165, 1.54) is 63.4 Å². The number of hydrogen-bond acceptors (Lipinski definition) is 2. The normalized spacial score (nSPS) is 22.9. The SMILES string of the molecule is CCCCCc1ncc(C2CCC(CCC)CC2)cn1. The topological polar surface area (TPSA) is 25.8 Å². The van der Waals surface area contributed by atoms with Gasteiger partial charge >= 0.3 is 0 Å². The Morgan fingerprint density at radius 2 is 1.65 bits per heavy atom. The Kier molecular flexibility index (Phi) is 6.49. The monoisotopic (exact) mass is 274 g/mol. The lowest BCUT2D eigenvalue weighted by molar-refractivity contribution is 0.307. The molecule has 0 bridgehead atoms. The van der Waals surface area contributed by atoms with Crippen LogP contribution in [0.2, 0.25) is 0 Å². The molecule has 2 nitrogen and oxygen atoms in total. The average molecular weight is 274 g/mol. The summed E-state index contributed by atoms with van der Waals surface area (Å²) >= 11 is 0. The molecule has 1 aliphatic carbocycles. The summed E-state index contributed by atoms with van der Waals surface area (Å²) in [6.07, 6.45) is 17.2. The Hall–Kier alpha value is -0.920. The van der Waals surface area contributed by atoms with E-state index in [9.17, 15) is 0 Å². The molecule has 0 saturated heterocycles. The average Bonchev–Trinajstić information content (AvgIpc) is 2.49. The van der Waals surface area contributed by atoms with E-state index in [0.717, 1.165) is 18.2 Å². The molecular formula is C18H30N2. The molecule has 0 spiro atoms. The highest BCUT2D eigenvalue weighted by atomic mass is 14.9. The van der Waals surface area contributed by atoms with Gasteiger partial charge in [-0.2, -0.15) is 0 Å². The van der Waals surface area contributed by atoms with Gasteiger partial charge in [0.15, 0.2) is 0 Å². The van der Waals surface area contributed by atoms with Crippen molar-refractivity contribution in [2.24, 2.45) is 5.92 Å². The molecule has 1 aromatic heterocycles. The van der Waals surface area contributed by atoms with Crippen molar-refractivity contribution in [2.45, 2.75) is 84.0 Å². The molecule has 0 aliphatic heterocycles. The Morgan fingerprint density at radius 3 is 2.25 bits per heavy atom. The fourth-order valence-corrected chi connectivity index (χ4v) is 3.43. The van der Waals surface area contributed by atoms with Crippen LogP contribution >= 0.6 is 0 Å². The number of rotatable bonds is 7. The number of nitrogens with zero attached hydrogens (tertiary/aromatic N) is 2. The summed E-state index contributed by atoms with van der Waals surface area (Å²) in [7, 11) is 0. The van der Waals surface area contributed by atoms with Gasteiger partial charge in [-0.15, -0.1) is 0 Å². The minimum Gasteiger partial charge on any atom is -0.241 e. The van der Waals surface area contributed by atoms with Crippen molar-refractivity contribution in [1.29, 1.82) is 0 Å². The molecule has 0 amide bonds. The molecule has 2 heteroatoms. The van der Waals surface area contributed by atoms with Gasteiger partial charge in [0, 0.05) is 18.8 Å². The van der Waals surface area contributed by atoms with E-state index >= 15 is 0 Å². The quantitative estimate of drug-likeness (QED) is 0.632. The lowest BCUT2D eigenvalue weighted by Crippen LogP contribution is -2.13. The molecule has 112 valence electrons. The van der Waals surface area contributed by atoms with Crippen LogP contribution in [0.5, 0.6) is 0 Å². The first-order valence-corrected chi connectivity index (χ1v) is 8.64. The van der Waals surface area contributed by atoms with Gasteiger partial charge in [0.1, 0.15) is 5.82 Å². The standard InChI is InChI=1S/C18H30N2/c1-3-5-6-8-18-19-13-17(14-20-18)16-11-9-15(7-4-2)10-12-16/h13-16H,3-12H2,1-2H3. The van der Waals surface area contributed by atoms with Gasteiger partial charge in [0.05, 0.1) is 0 Å². The Bertz CT molecular complexity index is 364. The van der Waals surface area contributed by atoms with Crippen molar-refractivity contribution in [3.63, 3.8) is 0 Å². The van der Waals surface area contributed by atoms with Gasteiger partial charge in [-0.1, -0.05) is 39.5 Å². The molecule has 1 saturated carbocycles. The fraction of sp³-hybridized carbons (Fsp3) is 0.778. The highest BCUT2D eigenvalue weighted by molar-refractivity contribution is 5.12. The molecule has 1 fully saturated rings. The van der Waals surface area contributed by atoms with Gasteiger partial charge in [0.2, 0.25) is 0 Å². The van der Waals surface area contributed by atoms with E-state index in [1.807, 2.05) is 0 Å². The molecule has 1 heterocycles. The maximum absolute atomic E-state index is 4.57. The molecule has 1 aromatic rings. The van der Waals surface area contributed by atoms with Crippen molar-refractivity contribution < 1.29 is 0 Å². The number of aryl methyl sites for hydroxylation is 1. The first-order chi connectivity index (χ1) is 9.83.